The van der Waals surface area contributed by atoms with Crippen LogP contribution in [0.1, 0.15) is 40.5 Å². The predicted molar refractivity (Wildman–Crippen MR) is 51.1 cm³/mol. The SMILES string of the molecule is CCCC(O)=CC(O)C(C)(C)C. The van der Waals surface area contributed by atoms with Crippen LogP contribution in [0.3, 0.4) is 0 Å². The smallest absolute Gasteiger partial charge is 0.0908 e. The number of rotatable bonds is 3. The van der Waals surface area contributed by atoms with E-state index in [-0.39, 0.29) is 5.41 Å². The Bertz CT molecular complexity index is 154. The zero-order chi connectivity index (χ0) is 9.78. The third kappa shape index (κ3) is 4.39. The van der Waals surface area contributed by atoms with Gasteiger partial charge in [-0.3, -0.25) is 0 Å². The predicted octanol–water partition coefficient (Wildman–Crippen LogP) is 2.64. The second-order valence-corrected chi connectivity index (χ2v) is 4.22. The van der Waals surface area contributed by atoms with Gasteiger partial charge in [0, 0.05) is 6.42 Å². The lowest BCUT2D eigenvalue weighted by Gasteiger charge is -2.23. The molecule has 2 nitrogen and oxygen atoms in total. The molecule has 0 aliphatic rings. The molecular weight excluding hydrogens is 152 g/mol. The van der Waals surface area contributed by atoms with Crippen molar-refractivity contribution in [3.05, 3.63) is 11.8 Å². The number of hydrogen-bond acceptors (Lipinski definition) is 2. The van der Waals surface area contributed by atoms with Crippen molar-refractivity contribution in [2.75, 3.05) is 0 Å². The fourth-order valence-corrected chi connectivity index (χ4v) is 0.772. The molecule has 0 fully saturated rings. The summed E-state index contributed by atoms with van der Waals surface area (Å²) in [6, 6.07) is 0. The molecule has 2 heteroatoms. The van der Waals surface area contributed by atoms with Gasteiger partial charge in [-0.2, -0.15) is 0 Å². The number of hydrogen-bond donors (Lipinski definition) is 2. The standard InChI is InChI=1S/C10H20O2/c1-5-6-8(11)7-9(12)10(2,3)4/h7,9,11-12H,5-6H2,1-4H3. The van der Waals surface area contributed by atoms with E-state index >= 15 is 0 Å². The van der Waals surface area contributed by atoms with Crippen molar-refractivity contribution in [2.24, 2.45) is 5.41 Å². The maximum Gasteiger partial charge on any atom is 0.0908 e. The van der Waals surface area contributed by atoms with Crippen molar-refractivity contribution in [3.63, 3.8) is 0 Å². The quantitative estimate of drug-likeness (QED) is 0.642. The van der Waals surface area contributed by atoms with Gasteiger partial charge in [-0.05, 0) is 17.9 Å². The molecule has 0 saturated carbocycles. The summed E-state index contributed by atoms with van der Waals surface area (Å²) in [5, 5.41) is 18.8. The molecule has 0 aromatic heterocycles. The molecule has 0 aromatic carbocycles. The number of allylic oxidation sites excluding steroid dienone is 1. The largest absolute Gasteiger partial charge is 0.513 e. The van der Waals surface area contributed by atoms with Gasteiger partial charge in [-0.15, -0.1) is 0 Å². The van der Waals surface area contributed by atoms with Crippen molar-refractivity contribution in [2.45, 2.75) is 46.6 Å². The third-order valence-corrected chi connectivity index (χ3v) is 1.74. The Balaban J connectivity index is 4.14. The van der Waals surface area contributed by atoms with E-state index in [4.69, 9.17) is 0 Å². The van der Waals surface area contributed by atoms with Crippen LogP contribution in [-0.2, 0) is 0 Å². The summed E-state index contributed by atoms with van der Waals surface area (Å²) in [6.07, 6.45) is 2.51. The normalized spacial score (nSPS) is 16.2. The Hall–Kier alpha value is -0.500. The van der Waals surface area contributed by atoms with Gasteiger partial charge in [0.2, 0.25) is 0 Å². The van der Waals surface area contributed by atoms with E-state index in [1.807, 2.05) is 27.7 Å². The average molecular weight is 172 g/mol. The lowest BCUT2D eigenvalue weighted by atomic mass is 9.88. The van der Waals surface area contributed by atoms with E-state index in [0.717, 1.165) is 6.42 Å². The second-order valence-electron chi connectivity index (χ2n) is 4.22. The summed E-state index contributed by atoms with van der Waals surface area (Å²) >= 11 is 0. The van der Waals surface area contributed by atoms with Crippen molar-refractivity contribution < 1.29 is 10.2 Å². The van der Waals surface area contributed by atoms with E-state index in [9.17, 15) is 10.2 Å². The number of aliphatic hydroxyl groups excluding tert-OH is 2. The molecule has 0 radical (unpaired) electrons. The molecule has 72 valence electrons. The van der Waals surface area contributed by atoms with Crippen LogP contribution in [0.15, 0.2) is 11.8 Å². The first-order valence-corrected chi connectivity index (χ1v) is 4.45. The van der Waals surface area contributed by atoms with Gasteiger partial charge < -0.3 is 10.2 Å². The van der Waals surface area contributed by atoms with Crippen molar-refractivity contribution in [1.82, 2.24) is 0 Å². The van der Waals surface area contributed by atoms with Crippen LogP contribution in [0.5, 0.6) is 0 Å². The highest BCUT2D eigenvalue weighted by Gasteiger charge is 2.20. The molecule has 0 aliphatic carbocycles. The average Bonchev–Trinajstić information content (AvgIpc) is 1.85. The van der Waals surface area contributed by atoms with E-state index in [1.165, 1.54) is 6.08 Å². The minimum Gasteiger partial charge on any atom is -0.513 e. The van der Waals surface area contributed by atoms with Crippen LogP contribution in [0.25, 0.3) is 0 Å². The zero-order valence-electron chi connectivity index (χ0n) is 8.46. The molecule has 1 atom stereocenters. The summed E-state index contributed by atoms with van der Waals surface area (Å²) in [5.41, 5.74) is -0.193. The van der Waals surface area contributed by atoms with Crippen LogP contribution in [0, 0.1) is 5.41 Å². The molecule has 2 N–H and O–H groups in total. The first-order valence-electron chi connectivity index (χ1n) is 4.45. The molecule has 0 spiro atoms. The summed E-state index contributed by atoms with van der Waals surface area (Å²) in [5.74, 6) is 0.292. The minimum atomic E-state index is -0.566. The summed E-state index contributed by atoms with van der Waals surface area (Å²) in [6.45, 7) is 7.81. The Kier molecular flexibility index (Phi) is 4.32. The maximum atomic E-state index is 9.55. The lowest BCUT2D eigenvalue weighted by molar-refractivity contribution is 0.101. The Morgan fingerprint density at radius 3 is 2.25 bits per heavy atom. The van der Waals surface area contributed by atoms with E-state index in [0.29, 0.717) is 12.2 Å². The van der Waals surface area contributed by atoms with Crippen molar-refractivity contribution in [1.29, 1.82) is 0 Å². The van der Waals surface area contributed by atoms with Crippen LogP contribution >= 0.6 is 0 Å². The topological polar surface area (TPSA) is 40.5 Å². The molecule has 0 heterocycles. The van der Waals surface area contributed by atoms with Gasteiger partial charge in [0.15, 0.2) is 0 Å². The summed E-state index contributed by atoms with van der Waals surface area (Å²) in [4.78, 5) is 0. The Morgan fingerprint density at radius 1 is 1.42 bits per heavy atom. The first kappa shape index (κ1) is 11.5. The van der Waals surface area contributed by atoms with Crippen LogP contribution < -0.4 is 0 Å². The van der Waals surface area contributed by atoms with E-state index in [1.54, 1.807) is 0 Å². The van der Waals surface area contributed by atoms with Gasteiger partial charge in [-0.1, -0.05) is 27.7 Å². The molecule has 0 rings (SSSR count). The van der Waals surface area contributed by atoms with Crippen LogP contribution in [0.4, 0.5) is 0 Å². The second kappa shape index (κ2) is 4.51. The minimum absolute atomic E-state index is 0.193. The van der Waals surface area contributed by atoms with Gasteiger partial charge in [0.25, 0.3) is 0 Å². The Labute approximate surface area is 74.9 Å². The lowest BCUT2D eigenvalue weighted by Crippen LogP contribution is -2.24. The summed E-state index contributed by atoms with van der Waals surface area (Å²) < 4.78 is 0. The number of aliphatic hydroxyl groups is 2. The third-order valence-electron chi connectivity index (χ3n) is 1.74. The van der Waals surface area contributed by atoms with E-state index in [2.05, 4.69) is 0 Å². The highest BCUT2D eigenvalue weighted by atomic mass is 16.3. The molecule has 0 aliphatic heterocycles. The van der Waals surface area contributed by atoms with Gasteiger partial charge in [-0.25, -0.2) is 0 Å². The molecule has 0 aromatic rings. The first-order chi connectivity index (χ1) is 5.38. The van der Waals surface area contributed by atoms with Crippen LogP contribution in [-0.4, -0.2) is 16.3 Å². The fourth-order valence-electron chi connectivity index (χ4n) is 0.772. The Morgan fingerprint density at radius 2 is 1.92 bits per heavy atom. The van der Waals surface area contributed by atoms with E-state index < -0.39 is 6.10 Å². The van der Waals surface area contributed by atoms with Crippen LogP contribution in [0.2, 0.25) is 0 Å². The van der Waals surface area contributed by atoms with Gasteiger partial charge in [0.1, 0.15) is 0 Å². The van der Waals surface area contributed by atoms with Crippen molar-refractivity contribution in [3.8, 4) is 0 Å². The highest BCUT2D eigenvalue weighted by Crippen LogP contribution is 2.21. The molecule has 1 unspecified atom stereocenters. The molecule has 0 saturated heterocycles. The van der Waals surface area contributed by atoms with Crippen molar-refractivity contribution >= 4 is 0 Å². The van der Waals surface area contributed by atoms with Gasteiger partial charge >= 0.3 is 0 Å². The van der Waals surface area contributed by atoms with Gasteiger partial charge in [0.05, 0.1) is 11.9 Å². The fraction of sp³-hybridized carbons (Fsp3) is 0.800. The molecule has 12 heavy (non-hydrogen) atoms. The highest BCUT2D eigenvalue weighted by molar-refractivity contribution is 4.99. The molecule has 0 amide bonds. The zero-order valence-corrected chi connectivity index (χ0v) is 8.46. The molecule has 0 bridgehead atoms. The molecular formula is C10H20O2. The summed E-state index contributed by atoms with van der Waals surface area (Å²) in [7, 11) is 0. The monoisotopic (exact) mass is 172 g/mol. The maximum absolute atomic E-state index is 9.55.